The number of hydrogen-bond acceptors (Lipinski definition) is 3. The molecule has 0 saturated heterocycles. The summed E-state index contributed by atoms with van der Waals surface area (Å²) in [6.45, 7) is 10.2. The SMILES string of the molecule is C[C@]1(c2ccc(-c3ccccn3)cc2)CCC[C@]1(C)c1cc(-c2ccccc2-c2ccc(-c3cc(-c4cc(-c5ccccc5)cc(-c5ccccc5)c4)ccn3)cc2)cc([C@@]2(C)CCC[C@]2(C)c2ccc(-c3ccccn3)cc2)c1. The zero-order valence-corrected chi connectivity index (χ0v) is 46.4. The van der Waals surface area contributed by atoms with Gasteiger partial charge in [-0.3, -0.25) is 15.0 Å². The van der Waals surface area contributed by atoms with E-state index in [1.165, 1.54) is 79.6 Å². The molecule has 80 heavy (non-hydrogen) atoms. The fourth-order valence-electron chi connectivity index (χ4n) is 14.0. The molecule has 2 fully saturated rings. The minimum Gasteiger partial charge on any atom is -0.256 e. The van der Waals surface area contributed by atoms with E-state index in [2.05, 4.69) is 268 Å². The molecule has 0 unspecified atom stereocenters. The van der Waals surface area contributed by atoms with Crippen molar-refractivity contribution in [2.75, 3.05) is 0 Å². The van der Waals surface area contributed by atoms with Crippen LogP contribution in [0.1, 0.15) is 88.5 Å². The van der Waals surface area contributed by atoms with Crippen molar-refractivity contribution >= 4 is 0 Å². The first-order valence-corrected chi connectivity index (χ1v) is 28.7. The summed E-state index contributed by atoms with van der Waals surface area (Å²) in [7, 11) is 0. The third-order valence-corrected chi connectivity index (χ3v) is 19.3. The third kappa shape index (κ3) is 9.09. The molecular formula is C77H67N3. The quantitative estimate of drug-likeness (QED) is 0.122. The summed E-state index contributed by atoms with van der Waals surface area (Å²) in [5.41, 5.74) is 23.6. The normalized spacial score (nSPS) is 20.6. The Morgan fingerprint density at radius 1 is 0.237 bits per heavy atom. The Bertz CT molecular complexity index is 3780. The van der Waals surface area contributed by atoms with Gasteiger partial charge in [0.2, 0.25) is 0 Å². The van der Waals surface area contributed by atoms with E-state index >= 15 is 0 Å². The van der Waals surface area contributed by atoms with Crippen LogP contribution in [0.3, 0.4) is 0 Å². The summed E-state index contributed by atoms with van der Waals surface area (Å²) < 4.78 is 0. The Morgan fingerprint density at radius 2 is 0.613 bits per heavy atom. The van der Waals surface area contributed by atoms with E-state index < -0.39 is 0 Å². The van der Waals surface area contributed by atoms with Crippen LogP contribution in [0.4, 0.5) is 0 Å². The lowest BCUT2D eigenvalue weighted by atomic mass is 9.58. The van der Waals surface area contributed by atoms with Gasteiger partial charge >= 0.3 is 0 Å². The van der Waals surface area contributed by atoms with Gasteiger partial charge in [0.25, 0.3) is 0 Å². The first-order chi connectivity index (χ1) is 39.1. The molecule has 3 heterocycles. The van der Waals surface area contributed by atoms with Crippen LogP contribution in [-0.2, 0) is 21.7 Å². The Labute approximate surface area is 473 Å². The summed E-state index contributed by atoms with van der Waals surface area (Å²) in [6.07, 6.45) is 12.5. The van der Waals surface area contributed by atoms with Gasteiger partial charge in [0.1, 0.15) is 0 Å². The van der Waals surface area contributed by atoms with Crippen LogP contribution >= 0.6 is 0 Å². The van der Waals surface area contributed by atoms with Gasteiger partial charge in [0.05, 0.1) is 17.1 Å². The predicted molar refractivity (Wildman–Crippen MR) is 333 cm³/mol. The van der Waals surface area contributed by atoms with Crippen molar-refractivity contribution in [1.29, 1.82) is 0 Å². The van der Waals surface area contributed by atoms with Crippen molar-refractivity contribution in [3.8, 4) is 89.4 Å². The molecular weight excluding hydrogens is 967 g/mol. The molecule has 0 aliphatic heterocycles. The Kier molecular flexibility index (Phi) is 13.2. The molecule has 0 radical (unpaired) electrons. The van der Waals surface area contributed by atoms with E-state index in [0.29, 0.717) is 0 Å². The average Bonchev–Trinajstić information content (AvgIpc) is 4.09. The molecule has 2 aliphatic carbocycles. The molecule has 13 rings (SSSR count). The van der Waals surface area contributed by atoms with E-state index in [-0.39, 0.29) is 21.7 Å². The molecule has 390 valence electrons. The van der Waals surface area contributed by atoms with E-state index in [4.69, 9.17) is 4.98 Å². The van der Waals surface area contributed by atoms with Gasteiger partial charge in [-0.15, -0.1) is 0 Å². The second kappa shape index (κ2) is 20.8. The maximum atomic E-state index is 4.97. The molecule has 8 aromatic carbocycles. The van der Waals surface area contributed by atoms with E-state index in [1.807, 2.05) is 30.7 Å². The minimum atomic E-state index is -0.135. The monoisotopic (exact) mass is 1030 g/mol. The van der Waals surface area contributed by atoms with Crippen LogP contribution in [0.5, 0.6) is 0 Å². The van der Waals surface area contributed by atoms with Crippen molar-refractivity contribution in [3.05, 3.63) is 283 Å². The molecule has 4 atom stereocenters. The summed E-state index contributed by atoms with van der Waals surface area (Å²) in [4.78, 5) is 14.3. The zero-order chi connectivity index (χ0) is 54.3. The minimum absolute atomic E-state index is 0.0949. The highest BCUT2D eigenvalue weighted by atomic mass is 14.7. The van der Waals surface area contributed by atoms with Gasteiger partial charge in [0, 0.05) is 56.9 Å². The molecule has 0 amide bonds. The predicted octanol–water partition coefficient (Wildman–Crippen LogP) is 20.0. The Balaban J connectivity index is 0.891. The van der Waals surface area contributed by atoms with Crippen molar-refractivity contribution < 1.29 is 0 Å². The summed E-state index contributed by atoms with van der Waals surface area (Å²) in [5.74, 6) is 0. The summed E-state index contributed by atoms with van der Waals surface area (Å²) >= 11 is 0. The van der Waals surface area contributed by atoms with Gasteiger partial charge in [0.15, 0.2) is 0 Å². The van der Waals surface area contributed by atoms with Crippen LogP contribution in [-0.4, -0.2) is 15.0 Å². The van der Waals surface area contributed by atoms with Gasteiger partial charge in [-0.25, -0.2) is 0 Å². The van der Waals surface area contributed by atoms with Gasteiger partial charge in [-0.2, -0.15) is 0 Å². The lowest BCUT2D eigenvalue weighted by molar-refractivity contribution is 0.293. The largest absolute Gasteiger partial charge is 0.256 e. The third-order valence-electron chi connectivity index (χ3n) is 19.3. The standard InChI is InChI=1S/C77H67N3/c1-74(65-35-31-57(32-36-65)71-25-13-15-44-78-71)40-17-42-76(74,3)67-50-64(51-68(53-67)77(4)43-18-41-75(77,2)66-37-33-58(34-38-66)72-26-14-16-45-79-72)70-24-12-11-23-69(70)56-27-29-59(30-28-56)73-52-60(39-46-80-73)63-48-61(54-19-7-5-8-20-54)47-62(49-63)55-21-9-6-10-22-55/h5-16,19-39,44-53H,17-18,40-43H2,1-4H3/t74-,75-,76-,77-/m1/s1. The maximum Gasteiger partial charge on any atom is 0.0708 e. The molecule has 0 bridgehead atoms. The fraction of sp³-hybridized carbons (Fsp3) is 0.182. The van der Waals surface area contributed by atoms with E-state index in [0.717, 1.165) is 70.6 Å². The molecule has 0 N–H and O–H groups in total. The van der Waals surface area contributed by atoms with Gasteiger partial charge in [-0.1, -0.05) is 229 Å². The molecule has 3 nitrogen and oxygen atoms in total. The molecule has 3 aromatic heterocycles. The highest BCUT2D eigenvalue weighted by Crippen LogP contribution is 2.60. The number of benzene rings is 8. The van der Waals surface area contributed by atoms with Crippen molar-refractivity contribution in [3.63, 3.8) is 0 Å². The van der Waals surface area contributed by atoms with Gasteiger partial charge < -0.3 is 0 Å². The van der Waals surface area contributed by atoms with E-state index in [9.17, 15) is 0 Å². The second-order valence-electron chi connectivity index (χ2n) is 23.5. The van der Waals surface area contributed by atoms with Crippen LogP contribution in [0.15, 0.2) is 261 Å². The van der Waals surface area contributed by atoms with Gasteiger partial charge in [-0.05, 0) is 158 Å². The van der Waals surface area contributed by atoms with Crippen LogP contribution < -0.4 is 0 Å². The Hall–Kier alpha value is -8.79. The molecule has 11 aromatic rings. The number of rotatable bonds is 12. The molecule has 3 heteroatoms. The van der Waals surface area contributed by atoms with Crippen molar-refractivity contribution in [1.82, 2.24) is 15.0 Å². The van der Waals surface area contributed by atoms with E-state index in [1.54, 1.807) is 0 Å². The topological polar surface area (TPSA) is 38.7 Å². The number of pyridine rings is 3. The highest BCUT2D eigenvalue weighted by Gasteiger charge is 2.53. The first kappa shape index (κ1) is 50.7. The first-order valence-electron chi connectivity index (χ1n) is 28.7. The lowest BCUT2D eigenvalue weighted by Crippen LogP contribution is -2.42. The number of hydrogen-bond donors (Lipinski definition) is 0. The second-order valence-corrected chi connectivity index (χ2v) is 23.5. The average molecular weight is 1030 g/mol. The highest BCUT2D eigenvalue weighted by molar-refractivity contribution is 5.86. The molecule has 0 spiro atoms. The van der Waals surface area contributed by atoms with Crippen LogP contribution in [0, 0.1) is 0 Å². The number of aromatic nitrogens is 3. The molecule has 2 saturated carbocycles. The van der Waals surface area contributed by atoms with Crippen LogP contribution in [0.25, 0.3) is 89.4 Å². The van der Waals surface area contributed by atoms with Crippen molar-refractivity contribution in [2.24, 2.45) is 0 Å². The summed E-state index contributed by atoms with van der Waals surface area (Å²) in [6, 6.07) is 89.7. The number of nitrogens with zero attached hydrogens (tertiary/aromatic N) is 3. The smallest absolute Gasteiger partial charge is 0.0708 e. The lowest BCUT2D eigenvalue weighted by Gasteiger charge is -2.46. The summed E-state index contributed by atoms with van der Waals surface area (Å²) in [5, 5.41) is 0. The van der Waals surface area contributed by atoms with Crippen LogP contribution in [0.2, 0.25) is 0 Å². The fourth-order valence-corrected chi connectivity index (χ4v) is 14.0. The Morgan fingerprint density at radius 3 is 1.07 bits per heavy atom. The van der Waals surface area contributed by atoms with Crippen molar-refractivity contribution in [2.45, 2.75) is 87.9 Å². The zero-order valence-electron chi connectivity index (χ0n) is 46.4. The maximum absolute atomic E-state index is 4.97. The molecule has 2 aliphatic rings.